The molecule has 1 aliphatic carbocycles. The van der Waals surface area contributed by atoms with Crippen LogP contribution in [0.15, 0.2) is 41.5 Å². The van der Waals surface area contributed by atoms with E-state index in [0.717, 1.165) is 18.4 Å². The molecule has 3 rings (SSSR count). The summed E-state index contributed by atoms with van der Waals surface area (Å²) in [5.74, 6) is 0.161. The Kier molecular flexibility index (Phi) is 6.15. The van der Waals surface area contributed by atoms with Gasteiger partial charge in [0.2, 0.25) is 5.91 Å². The van der Waals surface area contributed by atoms with Gasteiger partial charge in [0.25, 0.3) is 5.56 Å². The lowest BCUT2D eigenvalue weighted by molar-refractivity contribution is -0.132. The van der Waals surface area contributed by atoms with Gasteiger partial charge in [0, 0.05) is 50.1 Å². The van der Waals surface area contributed by atoms with Crippen molar-refractivity contribution in [3.63, 3.8) is 0 Å². The lowest BCUT2D eigenvalue weighted by Gasteiger charge is -2.31. The van der Waals surface area contributed by atoms with Gasteiger partial charge < -0.3 is 4.90 Å². The molecule has 138 valence electrons. The van der Waals surface area contributed by atoms with Gasteiger partial charge in [-0.1, -0.05) is 19.3 Å². The van der Waals surface area contributed by atoms with E-state index in [-0.39, 0.29) is 11.5 Å². The normalized spacial score (nSPS) is 15.0. The van der Waals surface area contributed by atoms with E-state index in [2.05, 4.69) is 10.1 Å². The maximum atomic E-state index is 12.4. The molecule has 0 unspecified atom stereocenters. The number of nitrogens with zero attached hydrogens (tertiary/aromatic N) is 4. The third kappa shape index (κ3) is 4.56. The third-order valence-electron chi connectivity index (χ3n) is 5.10. The summed E-state index contributed by atoms with van der Waals surface area (Å²) in [6, 6.07) is 7.35. The van der Waals surface area contributed by atoms with Crippen LogP contribution in [0.1, 0.15) is 44.9 Å². The van der Waals surface area contributed by atoms with E-state index in [4.69, 9.17) is 0 Å². The fraction of sp³-hybridized carbons (Fsp3) is 0.500. The number of aromatic nitrogens is 3. The van der Waals surface area contributed by atoms with Gasteiger partial charge in [-0.05, 0) is 37.5 Å². The van der Waals surface area contributed by atoms with Crippen molar-refractivity contribution < 1.29 is 4.79 Å². The number of carbonyl (C=O) groups excluding carboxylic acids is 1. The molecule has 26 heavy (non-hydrogen) atoms. The molecular weight excluding hydrogens is 328 g/mol. The first-order valence-corrected chi connectivity index (χ1v) is 9.39. The summed E-state index contributed by atoms with van der Waals surface area (Å²) < 4.78 is 1.44. The summed E-state index contributed by atoms with van der Waals surface area (Å²) in [4.78, 5) is 30.5. The molecule has 0 spiro atoms. The minimum absolute atomic E-state index is 0.147. The lowest BCUT2D eigenvalue weighted by atomic mass is 9.94. The highest BCUT2D eigenvalue weighted by atomic mass is 16.2. The Morgan fingerprint density at radius 1 is 1.23 bits per heavy atom. The first-order valence-electron chi connectivity index (χ1n) is 9.39. The van der Waals surface area contributed by atoms with Gasteiger partial charge in [-0.3, -0.25) is 14.6 Å². The summed E-state index contributed by atoms with van der Waals surface area (Å²) in [5, 5.41) is 4.41. The summed E-state index contributed by atoms with van der Waals surface area (Å²) in [6.07, 6.45) is 10.4. The van der Waals surface area contributed by atoms with E-state index >= 15 is 0 Å². The second kappa shape index (κ2) is 8.74. The van der Waals surface area contributed by atoms with Crippen LogP contribution in [0.2, 0.25) is 0 Å². The van der Waals surface area contributed by atoms with Gasteiger partial charge in [0.1, 0.15) is 0 Å². The number of hydrogen-bond acceptors (Lipinski definition) is 4. The second-order valence-electron chi connectivity index (χ2n) is 6.92. The molecule has 1 amide bonds. The van der Waals surface area contributed by atoms with Gasteiger partial charge in [0.05, 0.1) is 5.69 Å². The Morgan fingerprint density at radius 3 is 2.77 bits per heavy atom. The van der Waals surface area contributed by atoms with Crippen LogP contribution in [0.3, 0.4) is 0 Å². The number of amides is 1. The lowest BCUT2D eigenvalue weighted by Crippen LogP contribution is -2.38. The quantitative estimate of drug-likeness (QED) is 0.800. The fourth-order valence-corrected chi connectivity index (χ4v) is 3.51. The Morgan fingerprint density at radius 2 is 2.04 bits per heavy atom. The van der Waals surface area contributed by atoms with E-state index in [0.29, 0.717) is 31.1 Å². The third-order valence-corrected chi connectivity index (χ3v) is 5.10. The van der Waals surface area contributed by atoms with Crippen LogP contribution in [0.25, 0.3) is 11.3 Å². The molecule has 0 aromatic carbocycles. The highest BCUT2D eigenvalue weighted by Crippen LogP contribution is 2.22. The van der Waals surface area contributed by atoms with Crippen LogP contribution in [0.4, 0.5) is 0 Å². The monoisotopic (exact) mass is 354 g/mol. The zero-order valence-corrected chi connectivity index (χ0v) is 15.3. The SMILES string of the molecule is CN(C(=O)CCCn1nc(-c2cccnc2)ccc1=O)C1CCCCC1. The zero-order valence-electron chi connectivity index (χ0n) is 15.3. The summed E-state index contributed by atoms with van der Waals surface area (Å²) in [7, 11) is 1.91. The highest BCUT2D eigenvalue weighted by Gasteiger charge is 2.21. The van der Waals surface area contributed by atoms with Crippen LogP contribution >= 0.6 is 0 Å². The predicted molar refractivity (Wildman–Crippen MR) is 101 cm³/mol. The Balaban J connectivity index is 1.57. The fourth-order valence-electron chi connectivity index (χ4n) is 3.51. The van der Waals surface area contributed by atoms with Crippen LogP contribution in [0.5, 0.6) is 0 Å². The highest BCUT2D eigenvalue weighted by molar-refractivity contribution is 5.76. The minimum atomic E-state index is -0.147. The molecule has 1 aliphatic rings. The Hall–Kier alpha value is -2.50. The maximum Gasteiger partial charge on any atom is 0.266 e. The van der Waals surface area contributed by atoms with Gasteiger partial charge >= 0.3 is 0 Å². The first kappa shape index (κ1) is 18.3. The summed E-state index contributed by atoms with van der Waals surface area (Å²) in [6.45, 7) is 0.442. The average Bonchev–Trinajstić information content (AvgIpc) is 2.70. The van der Waals surface area contributed by atoms with Gasteiger partial charge in [0.15, 0.2) is 0 Å². The molecule has 0 radical (unpaired) electrons. The van der Waals surface area contributed by atoms with Crippen molar-refractivity contribution in [1.82, 2.24) is 19.7 Å². The average molecular weight is 354 g/mol. The molecule has 0 saturated heterocycles. The van der Waals surface area contributed by atoms with Gasteiger partial charge in [-0.15, -0.1) is 0 Å². The van der Waals surface area contributed by atoms with Crippen molar-refractivity contribution in [2.45, 2.75) is 57.5 Å². The molecular formula is C20H26N4O2. The van der Waals surface area contributed by atoms with Crippen molar-refractivity contribution in [3.8, 4) is 11.3 Å². The maximum absolute atomic E-state index is 12.4. The molecule has 2 aromatic rings. The second-order valence-corrected chi connectivity index (χ2v) is 6.92. The van der Waals surface area contributed by atoms with E-state index in [1.807, 2.05) is 24.1 Å². The number of rotatable bonds is 6. The van der Waals surface area contributed by atoms with Crippen LogP contribution < -0.4 is 5.56 Å². The van der Waals surface area contributed by atoms with Crippen LogP contribution in [-0.2, 0) is 11.3 Å². The number of pyridine rings is 1. The number of hydrogen-bond donors (Lipinski definition) is 0. The molecule has 1 saturated carbocycles. The number of aryl methyl sites for hydroxylation is 1. The number of carbonyl (C=O) groups is 1. The Labute approximate surface area is 153 Å². The van der Waals surface area contributed by atoms with Crippen molar-refractivity contribution in [2.75, 3.05) is 7.05 Å². The molecule has 2 heterocycles. The largest absolute Gasteiger partial charge is 0.343 e. The molecule has 0 N–H and O–H groups in total. The standard InChI is InChI=1S/C20H26N4O2/c1-23(17-8-3-2-4-9-17)19(25)10-6-14-24-20(26)12-11-18(22-24)16-7-5-13-21-15-16/h5,7,11-13,15,17H,2-4,6,8-10,14H2,1H3. The predicted octanol–water partition coefficient (Wildman–Crippen LogP) is 2.88. The van der Waals surface area contributed by atoms with Crippen molar-refractivity contribution in [3.05, 3.63) is 47.0 Å². The molecule has 0 atom stereocenters. The van der Waals surface area contributed by atoms with E-state index in [1.54, 1.807) is 18.5 Å². The van der Waals surface area contributed by atoms with Crippen molar-refractivity contribution in [2.24, 2.45) is 0 Å². The molecule has 6 heteroatoms. The van der Waals surface area contributed by atoms with Crippen LogP contribution in [-0.4, -0.2) is 38.7 Å². The molecule has 0 aliphatic heterocycles. The van der Waals surface area contributed by atoms with Crippen LogP contribution in [0, 0.1) is 0 Å². The smallest absolute Gasteiger partial charge is 0.266 e. The molecule has 0 bridgehead atoms. The molecule has 6 nitrogen and oxygen atoms in total. The summed E-state index contributed by atoms with van der Waals surface area (Å²) >= 11 is 0. The van der Waals surface area contributed by atoms with E-state index < -0.39 is 0 Å². The van der Waals surface area contributed by atoms with Crippen molar-refractivity contribution >= 4 is 5.91 Å². The van der Waals surface area contributed by atoms with Gasteiger partial charge in [-0.25, -0.2) is 4.68 Å². The van der Waals surface area contributed by atoms with Gasteiger partial charge in [-0.2, -0.15) is 5.10 Å². The molecule has 2 aromatic heterocycles. The zero-order chi connectivity index (χ0) is 18.4. The summed E-state index contributed by atoms with van der Waals surface area (Å²) in [5.41, 5.74) is 1.43. The topological polar surface area (TPSA) is 68.1 Å². The minimum Gasteiger partial charge on any atom is -0.343 e. The molecule has 1 fully saturated rings. The van der Waals surface area contributed by atoms with Crippen molar-refractivity contribution in [1.29, 1.82) is 0 Å². The van der Waals surface area contributed by atoms with E-state index in [9.17, 15) is 9.59 Å². The first-order chi connectivity index (χ1) is 12.6. The van der Waals surface area contributed by atoms with E-state index in [1.165, 1.54) is 30.0 Å². The Bertz CT molecular complexity index is 782.